The smallest absolute Gasteiger partial charge is 0.325 e. The van der Waals surface area contributed by atoms with Crippen LogP contribution in [0.5, 0.6) is 11.5 Å². The molecule has 8 heteroatoms. The van der Waals surface area contributed by atoms with E-state index in [1.165, 1.54) is 0 Å². The van der Waals surface area contributed by atoms with Gasteiger partial charge in [0.15, 0.2) is 0 Å². The van der Waals surface area contributed by atoms with E-state index in [1.54, 1.807) is 7.11 Å². The van der Waals surface area contributed by atoms with Gasteiger partial charge in [0, 0.05) is 52.7 Å². The summed E-state index contributed by atoms with van der Waals surface area (Å²) < 4.78 is 13.9. The van der Waals surface area contributed by atoms with Crippen LogP contribution in [0.3, 0.4) is 0 Å². The first-order chi connectivity index (χ1) is 20.3. The molecule has 2 heterocycles. The fourth-order valence-corrected chi connectivity index (χ4v) is 6.43. The third-order valence-electron chi connectivity index (χ3n) is 7.90. The summed E-state index contributed by atoms with van der Waals surface area (Å²) in [6, 6.07) is 22.5. The van der Waals surface area contributed by atoms with E-state index in [9.17, 15) is 4.79 Å². The summed E-state index contributed by atoms with van der Waals surface area (Å²) in [7, 11) is 1.66. The first-order valence-corrected chi connectivity index (χ1v) is 16.3. The molecule has 2 aliphatic heterocycles. The van der Waals surface area contributed by atoms with Crippen LogP contribution in [-0.2, 0) is 0 Å². The molecule has 2 amide bonds. The van der Waals surface area contributed by atoms with Gasteiger partial charge in [0.25, 0.3) is 0 Å². The molecule has 0 spiro atoms. The van der Waals surface area contributed by atoms with Crippen LogP contribution in [0, 0.1) is 0 Å². The topological polar surface area (TPSA) is 45.2 Å². The van der Waals surface area contributed by atoms with E-state index in [2.05, 4.69) is 98.3 Å². The van der Waals surface area contributed by atoms with Crippen molar-refractivity contribution in [3.63, 3.8) is 0 Å². The van der Waals surface area contributed by atoms with Crippen molar-refractivity contribution in [2.24, 2.45) is 0 Å². The van der Waals surface area contributed by atoms with Gasteiger partial charge in [0.2, 0.25) is 0 Å². The molecule has 2 unspecified atom stereocenters. The Balaban J connectivity index is 1.65. The molecule has 42 heavy (non-hydrogen) atoms. The minimum Gasteiger partial charge on any atom is -0.497 e. The highest BCUT2D eigenvalue weighted by atomic mass is 79.9. The fraction of sp³-hybridized carbons (Fsp3) is 0.382. The predicted molar refractivity (Wildman–Crippen MR) is 176 cm³/mol. The zero-order valence-corrected chi connectivity index (χ0v) is 27.9. The van der Waals surface area contributed by atoms with Crippen LogP contribution >= 0.6 is 31.9 Å². The molecule has 0 aliphatic carbocycles. The van der Waals surface area contributed by atoms with Crippen molar-refractivity contribution in [3.05, 3.63) is 98.4 Å². The molecule has 6 nitrogen and oxygen atoms in total. The van der Waals surface area contributed by atoms with Crippen LogP contribution in [0.2, 0.25) is 0 Å². The lowest BCUT2D eigenvalue weighted by Crippen LogP contribution is -2.52. The minimum absolute atomic E-state index is 0.0243. The Hall–Kier alpha value is -2.81. The lowest BCUT2D eigenvalue weighted by Gasteiger charge is -2.40. The Morgan fingerprint density at radius 3 is 2.10 bits per heavy atom. The molecule has 0 radical (unpaired) electrons. The molecule has 2 aliphatic rings. The number of methoxy groups -OCH3 is 1. The highest BCUT2D eigenvalue weighted by Crippen LogP contribution is 2.50. The standard InChI is InChI=1S/C34H39Br2N3O3/c1-5-16-37-17-19-38(20-18-37)34(40)39-31(29-15-14-28(41-4)21-32(29)42-23(2)3)22-30(24-6-10-26(35)11-7-24)33(39)25-8-12-27(36)13-9-25/h6-15,21-23,30,33H,5,16-20H2,1-4H3. The van der Waals surface area contributed by atoms with Crippen LogP contribution in [-0.4, -0.2) is 66.7 Å². The van der Waals surface area contributed by atoms with E-state index in [-0.39, 0.29) is 24.1 Å². The minimum atomic E-state index is -0.232. The van der Waals surface area contributed by atoms with E-state index >= 15 is 0 Å². The van der Waals surface area contributed by atoms with Crippen molar-refractivity contribution >= 4 is 43.6 Å². The van der Waals surface area contributed by atoms with Crippen molar-refractivity contribution in [1.29, 1.82) is 0 Å². The molecular weight excluding hydrogens is 658 g/mol. The number of piperazine rings is 1. The zero-order chi connectivity index (χ0) is 29.8. The third kappa shape index (κ3) is 6.71. The normalized spacial score (nSPS) is 19.3. The summed E-state index contributed by atoms with van der Waals surface area (Å²) in [5.41, 5.74) is 3.96. The number of nitrogens with zero attached hydrogens (tertiary/aromatic N) is 3. The number of urea groups is 1. The molecule has 1 saturated heterocycles. The van der Waals surface area contributed by atoms with Gasteiger partial charge in [-0.2, -0.15) is 0 Å². The van der Waals surface area contributed by atoms with Gasteiger partial charge < -0.3 is 14.4 Å². The third-order valence-corrected chi connectivity index (χ3v) is 8.96. The number of rotatable bonds is 8. The number of hydrogen-bond donors (Lipinski definition) is 0. The molecule has 2 atom stereocenters. The summed E-state index contributed by atoms with van der Waals surface area (Å²) >= 11 is 7.20. The molecule has 3 aromatic rings. The van der Waals surface area contributed by atoms with Crippen molar-refractivity contribution in [3.8, 4) is 11.5 Å². The second-order valence-electron chi connectivity index (χ2n) is 11.1. The second kappa shape index (κ2) is 13.7. The number of halogens is 2. The molecule has 0 aromatic heterocycles. The molecule has 5 rings (SSSR count). The maximum Gasteiger partial charge on any atom is 0.325 e. The highest BCUT2D eigenvalue weighted by molar-refractivity contribution is 9.10. The van der Waals surface area contributed by atoms with Gasteiger partial charge in [-0.05, 0) is 80.4 Å². The zero-order valence-electron chi connectivity index (χ0n) is 24.7. The van der Waals surface area contributed by atoms with Gasteiger partial charge in [-0.15, -0.1) is 0 Å². The van der Waals surface area contributed by atoms with E-state index in [1.807, 2.05) is 41.8 Å². The number of carbonyl (C=O) groups is 1. The molecule has 0 saturated carbocycles. The van der Waals surface area contributed by atoms with Gasteiger partial charge in [0.1, 0.15) is 11.5 Å². The number of amides is 2. The first-order valence-electron chi connectivity index (χ1n) is 14.7. The van der Waals surface area contributed by atoms with Crippen LogP contribution in [0.25, 0.3) is 5.70 Å². The Morgan fingerprint density at radius 2 is 1.52 bits per heavy atom. The van der Waals surface area contributed by atoms with Crippen molar-refractivity contribution in [2.45, 2.75) is 45.3 Å². The number of carbonyl (C=O) groups excluding carboxylic acids is 1. The lowest BCUT2D eigenvalue weighted by atomic mass is 9.88. The van der Waals surface area contributed by atoms with E-state index < -0.39 is 0 Å². The Labute approximate surface area is 266 Å². The summed E-state index contributed by atoms with van der Waals surface area (Å²) in [5.74, 6) is 1.35. The van der Waals surface area contributed by atoms with Gasteiger partial charge >= 0.3 is 6.03 Å². The molecule has 1 fully saturated rings. The van der Waals surface area contributed by atoms with Gasteiger partial charge in [-0.25, -0.2) is 4.79 Å². The molecule has 0 N–H and O–H groups in total. The van der Waals surface area contributed by atoms with Crippen LogP contribution in [0.4, 0.5) is 4.79 Å². The summed E-state index contributed by atoms with van der Waals surface area (Å²) in [5, 5.41) is 0. The van der Waals surface area contributed by atoms with E-state index in [4.69, 9.17) is 9.47 Å². The molecular formula is C34H39Br2N3O3. The Morgan fingerprint density at radius 1 is 0.905 bits per heavy atom. The average molecular weight is 698 g/mol. The highest BCUT2D eigenvalue weighted by Gasteiger charge is 2.43. The average Bonchev–Trinajstić information content (AvgIpc) is 3.38. The molecule has 0 bridgehead atoms. The fourth-order valence-electron chi connectivity index (χ4n) is 5.90. The predicted octanol–water partition coefficient (Wildman–Crippen LogP) is 8.34. The Bertz CT molecular complexity index is 1400. The van der Waals surface area contributed by atoms with E-state index in [0.29, 0.717) is 24.6 Å². The summed E-state index contributed by atoms with van der Waals surface area (Å²) in [6.07, 6.45) is 3.32. The van der Waals surface area contributed by atoms with Crippen LogP contribution in [0.1, 0.15) is 55.8 Å². The summed E-state index contributed by atoms with van der Waals surface area (Å²) in [6.45, 7) is 10.5. The van der Waals surface area contributed by atoms with E-state index in [0.717, 1.165) is 57.4 Å². The molecule has 3 aromatic carbocycles. The number of benzene rings is 3. The van der Waals surface area contributed by atoms with Gasteiger partial charge in [-0.3, -0.25) is 9.80 Å². The number of ether oxygens (including phenoxy) is 2. The van der Waals surface area contributed by atoms with Crippen molar-refractivity contribution in [1.82, 2.24) is 14.7 Å². The molecule has 222 valence electrons. The van der Waals surface area contributed by atoms with Crippen LogP contribution < -0.4 is 9.47 Å². The SMILES string of the molecule is CCCN1CCN(C(=O)N2C(c3ccc(OC)cc3OC(C)C)=CC(c3ccc(Br)cc3)C2c2ccc(Br)cc2)CC1. The maximum atomic E-state index is 14.7. The van der Waals surface area contributed by atoms with Gasteiger partial charge in [0.05, 0.1) is 25.0 Å². The van der Waals surface area contributed by atoms with Crippen LogP contribution in [0.15, 0.2) is 81.8 Å². The Kier molecular flexibility index (Phi) is 9.96. The van der Waals surface area contributed by atoms with Crippen molar-refractivity contribution in [2.75, 3.05) is 39.8 Å². The van der Waals surface area contributed by atoms with Crippen molar-refractivity contribution < 1.29 is 14.3 Å². The maximum absolute atomic E-state index is 14.7. The first kappa shape index (κ1) is 30.6. The lowest BCUT2D eigenvalue weighted by molar-refractivity contribution is 0.117. The second-order valence-corrected chi connectivity index (χ2v) is 13.0. The number of hydrogen-bond acceptors (Lipinski definition) is 4. The van der Waals surface area contributed by atoms with Gasteiger partial charge in [-0.1, -0.05) is 63.0 Å². The monoisotopic (exact) mass is 695 g/mol. The largest absolute Gasteiger partial charge is 0.497 e. The quantitative estimate of drug-likeness (QED) is 0.238. The summed E-state index contributed by atoms with van der Waals surface area (Å²) in [4.78, 5) is 21.2.